The summed E-state index contributed by atoms with van der Waals surface area (Å²) in [7, 11) is 1.66. The van der Waals surface area contributed by atoms with Crippen molar-refractivity contribution in [2.75, 3.05) is 7.11 Å². The molecule has 0 aliphatic heterocycles. The highest BCUT2D eigenvalue weighted by Crippen LogP contribution is 2.24. The van der Waals surface area contributed by atoms with Crippen LogP contribution in [0.2, 0.25) is 0 Å². The number of ether oxygens (including phenoxy) is 1. The van der Waals surface area contributed by atoms with E-state index in [4.69, 9.17) is 15.9 Å². The number of nitrogens with zero attached hydrogens (tertiary/aromatic N) is 1. The van der Waals surface area contributed by atoms with Crippen LogP contribution < -0.4 is 10.5 Å². The number of hydrogen-bond donors (Lipinski definition) is 2. The summed E-state index contributed by atoms with van der Waals surface area (Å²) in [5, 5.41) is 7.37. The first-order chi connectivity index (χ1) is 9.19. The van der Waals surface area contributed by atoms with Gasteiger partial charge in [-0.1, -0.05) is 0 Å². The van der Waals surface area contributed by atoms with Crippen LogP contribution in [0, 0.1) is 5.41 Å². The fraction of sp³-hybridized carbons (Fsp3) is 0.143. The smallest absolute Gasteiger partial charge is 0.141 e. The lowest BCUT2D eigenvalue weighted by Crippen LogP contribution is -2.13. The van der Waals surface area contributed by atoms with Crippen LogP contribution in [0.5, 0.6) is 5.75 Å². The minimum Gasteiger partial charge on any atom is -0.497 e. The number of rotatable bonds is 5. The van der Waals surface area contributed by atoms with Gasteiger partial charge in [-0.05, 0) is 42.0 Å². The summed E-state index contributed by atoms with van der Waals surface area (Å²) in [6.45, 7) is 0. The molecule has 19 heavy (non-hydrogen) atoms. The summed E-state index contributed by atoms with van der Waals surface area (Å²) in [5.41, 5.74) is 7.04. The van der Waals surface area contributed by atoms with Crippen LogP contribution in [0.1, 0.15) is 11.3 Å². The molecule has 1 aromatic heterocycles. The second-order valence-corrected chi connectivity index (χ2v) is 4.98. The lowest BCUT2D eigenvalue weighted by molar-refractivity contribution is 0.414. The van der Waals surface area contributed by atoms with E-state index in [2.05, 4.69) is 4.98 Å². The zero-order valence-corrected chi connectivity index (χ0v) is 11.4. The van der Waals surface area contributed by atoms with Crippen LogP contribution in [0.3, 0.4) is 0 Å². The van der Waals surface area contributed by atoms with Gasteiger partial charge in [-0.3, -0.25) is 10.4 Å². The molecule has 98 valence electrons. The number of nitrogens with one attached hydrogen (secondary N) is 1. The maximum absolute atomic E-state index is 7.37. The Kier molecular flexibility index (Phi) is 4.41. The molecule has 0 bridgehead atoms. The van der Waals surface area contributed by atoms with Gasteiger partial charge in [-0.15, -0.1) is 11.8 Å². The van der Waals surface area contributed by atoms with E-state index in [1.54, 1.807) is 25.1 Å². The van der Waals surface area contributed by atoms with Gasteiger partial charge in [0, 0.05) is 16.8 Å². The van der Waals surface area contributed by atoms with Gasteiger partial charge in [0.15, 0.2) is 0 Å². The number of methoxy groups -OCH3 is 1. The molecule has 0 fully saturated rings. The SMILES string of the molecule is COc1ccc(SCc2ccnc(C(=N)N)c2)cc1. The summed E-state index contributed by atoms with van der Waals surface area (Å²) in [6, 6.07) is 11.7. The Hall–Kier alpha value is -2.01. The number of aromatic nitrogens is 1. The van der Waals surface area contributed by atoms with Crippen molar-refractivity contribution in [1.82, 2.24) is 4.98 Å². The van der Waals surface area contributed by atoms with Crippen molar-refractivity contribution in [3.05, 3.63) is 53.9 Å². The summed E-state index contributed by atoms with van der Waals surface area (Å²) in [5.74, 6) is 1.67. The van der Waals surface area contributed by atoms with Gasteiger partial charge in [0.2, 0.25) is 0 Å². The molecule has 2 rings (SSSR count). The maximum atomic E-state index is 7.37. The van der Waals surface area contributed by atoms with E-state index < -0.39 is 0 Å². The second-order valence-electron chi connectivity index (χ2n) is 3.93. The Morgan fingerprint density at radius 3 is 2.68 bits per heavy atom. The first-order valence-corrected chi connectivity index (χ1v) is 6.74. The zero-order chi connectivity index (χ0) is 13.7. The van der Waals surface area contributed by atoms with Crippen molar-refractivity contribution < 1.29 is 4.74 Å². The highest BCUT2D eigenvalue weighted by atomic mass is 32.2. The summed E-state index contributed by atoms with van der Waals surface area (Å²) >= 11 is 1.72. The quantitative estimate of drug-likeness (QED) is 0.499. The summed E-state index contributed by atoms with van der Waals surface area (Å²) in [4.78, 5) is 5.21. The Morgan fingerprint density at radius 1 is 1.32 bits per heavy atom. The molecule has 0 aliphatic rings. The zero-order valence-electron chi connectivity index (χ0n) is 10.6. The average molecular weight is 273 g/mol. The van der Waals surface area contributed by atoms with E-state index in [9.17, 15) is 0 Å². The first-order valence-electron chi connectivity index (χ1n) is 5.75. The van der Waals surface area contributed by atoms with Crippen molar-refractivity contribution in [3.63, 3.8) is 0 Å². The van der Waals surface area contributed by atoms with E-state index in [1.807, 2.05) is 36.4 Å². The van der Waals surface area contributed by atoms with Crippen molar-refractivity contribution in [2.24, 2.45) is 5.73 Å². The lowest BCUT2D eigenvalue weighted by atomic mass is 10.2. The summed E-state index contributed by atoms with van der Waals surface area (Å²) in [6.07, 6.45) is 1.68. The summed E-state index contributed by atoms with van der Waals surface area (Å²) < 4.78 is 5.12. The van der Waals surface area contributed by atoms with Gasteiger partial charge in [0.1, 0.15) is 17.3 Å². The van der Waals surface area contributed by atoms with Gasteiger partial charge in [-0.2, -0.15) is 0 Å². The number of amidine groups is 1. The van der Waals surface area contributed by atoms with Gasteiger partial charge in [-0.25, -0.2) is 0 Å². The minimum absolute atomic E-state index is 0.00343. The van der Waals surface area contributed by atoms with Crippen molar-refractivity contribution in [3.8, 4) is 5.75 Å². The molecule has 0 amide bonds. The molecular weight excluding hydrogens is 258 g/mol. The molecule has 0 radical (unpaired) electrons. The van der Waals surface area contributed by atoms with E-state index in [0.29, 0.717) is 5.69 Å². The molecule has 1 aromatic carbocycles. The average Bonchev–Trinajstić information content (AvgIpc) is 2.46. The largest absolute Gasteiger partial charge is 0.497 e. The molecule has 2 aromatic rings. The van der Waals surface area contributed by atoms with Crippen LogP contribution in [0.4, 0.5) is 0 Å². The predicted octanol–water partition coefficient (Wildman–Crippen LogP) is 2.67. The topological polar surface area (TPSA) is 72.0 Å². The highest BCUT2D eigenvalue weighted by molar-refractivity contribution is 7.98. The van der Waals surface area contributed by atoms with Crippen LogP contribution in [-0.2, 0) is 5.75 Å². The fourth-order valence-electron chi connectivity index (χ4n) is 1.55. The lowest BCUT2D eigenvalue weighted by Gasteiger charge is -2.05. The third-order valence-corrected chi connectivity index (χ3v) is 3.65. The number of hydrogen-bond acceptors (Lipinski definition) is 4. The Morgan fingerprint density at radius 2 is 2.05 bits per heavy atom. The monoisotopic (exact) mass is 273 g/mol. The van der Waals surface area contributed by atoms with Crippen LogP contribution >= 0.6 is 11.8 Å². The normalized spacial score (nSPS) is 10.2. The van der Waals surface area contributed by atoms with Crippen LogP contribution in [-0.4, -0.2) is 17.9 Å². The van der Waals surface area contributed by atoms with Crippen molar-refractivity contribution in [1.29, 1.82) is 5.41 Å². The number of nitrogen functional groups attached to an aromatic ring is 1. The van der Waals surface area contributed by atoms with Gasteiger partial charge in [0.25, 0.3) is 0 Å². The number of benzene rings is 1. The van der Waals surface area contributed by atoms with E-state index in [0.717, 1.165) is 17.1 Å². The second kappa shape index (κ2) is 6.24. The molecular formula is C14H15N3OS. The van der Waals surface area contributed by atoms with E-state index in [-0.39, 0.29) is 5.84 Å². The molecule has 1 heterocycles. The molecule has 0 spiro atoms. The van der Waals surface area contributed by atoms with Gasteiger partial charge < -0.3 is 10.5 Å². The third kappa shape index (κ3) is 3.72. The number of thioether (sulfide) groups is 1. The first kappa shape index (κ1) is 13.4. The highest BCUT2D eigenvalue weighted by Gasteiger charge is 2.01. The van der Waals surface area contributed by atoms with Crippen molar-refractivity contribution in [2.45, 2.75) is 10.6 Å². The van der Waals surface area contributed by atoms with Crippen LogP contribution in [0.15, 0.2) is 47.5 Å². The van der Waals surface area contributed by atoms with Gasteiger partial charge >= 0.3 is 0 Å². The number of pyridine rings is 1. The minimum atomic E-state index is -0.00343. The third-order valence-electron chi connectivity index (χ3n) is 2.57. The van der Waals surface area contributed by atoms with Crippen LogP contribution in [0.25, 0.3) is 0 Å². The van der Waals surface area contributed by atoms with E-state index in [1.165, 1.54) is 4.90 Å². The Balaban J connectivity index is 2.01. The number of nitrogens with two attached hydrogens (primary N) is 1. The Labute approximate surface area is 116 Å². The van der Waals surface area contributed by atoms with E-state index >= 15 is 0 Å². The predicted molar refractivity (Wildman–Crippen MR) is 77.8 cm³/mol. The molecule has 0 atom stereocenters. The molecule has 4 nitrogen and oxygen atoms in total. The molecule has 3 N–H and O–H groups in total. The molecule has 5 heteroatoms. The molecule has 0 saturated carbocycles. The Bertz CT molecular complexity index is 569. The van der Waals surface area contributed by atoms with Crippen molar-refractivity contribution >= 4 is 17.6 Å². The standard InChI is InChI=1S/C14H15N3OS/c1-18-11-2-4-12(5-3-11)19-9-10-6-7-17-13(8-10)14(15)16/h2-8H,9H2,1H3,(H3,15,16). The maximum Gasteiger partial charge on any atom is 0.141 e. The van der Waals surface area contributed by atoms with Gasteiger partial charge in [0.05, 0.1) is 7.11 Å². The molecule has 0 aliphatic carbocycles. The molecule has 0 saturated heterocycles. The molecule has 0 unspecified atom stereocenters. The fourth-order valence-corrected chi connectivity index (χ4v) is 2.39.